The van der Waals surface area contributed by atoms with Crippen LogP contribution in [0.4, 0.5) is 0 Å². The molecular weight excluding hydrogens is 202 g/mol. The minimum absolute atomic E-state index is 0.0466. The van der Waals surface area contributed by atoms with E-state index in [1.807, 2.05) is 44.2 Å². The van der Waals surface area contributed by atoms with E-state index in [9.17, 15) is 4.79 Å². The molecule has 1 aromatic carbocycles. The van der Waals surface area contributed by atoms with Gasteiger partial charge in [0.1, 0.15) is 5.75 Å². The van der Waals surface area contributed by atoms with Gasteiger partial charge in [0.2, 0.25) is 5.91 Å². The zero-order valence-electron chi connectivity index (χ0n) is 9.90. The summed E-state index contributed by atoms with van der Waals surface area (Å²) in [6.07, 6.45) is 1.35. The molecule has 0 bridgehead atoms. The summed E-state index contributed by atoms with van der Waals surface area (Å²) < 4.78 is 5.43. The van der Waals surface area contributed by atoms with Crippen molar-refractivity contribution in [2.24, 2.45) is 0 Å². The van der Waals surface area contributed by atoms with E-state index in [-0.39, 0.29) is 11.9 Å². The Morgan fingerprint density at radius 2 is 2.06 bits per heavy atom. The molecule has 0 unspecified atom stereocenters. The van der Waals surface area contributed by atoms with Crippen molar-refractivity contribution in [3.63, 3.8) is 0 Å². The first-order valence-electron chi connectivity index (χ1n) is 5.69. The van der Waals surface area contributed by atoms with E-state index in [1.165, 1.54) is 0 Å². The Kier molecular flexibility index (Phi) is 5.40. The predicted octanol–water partition coefficient (Wildman–Crippen LogP) is 2.37. The molecule has 0 aliphatic rings. The Morgan fingerprint density at radius 3 is 2.69 bits per heavy atom. The van der Waals surface area contributed by atoms with E-state index in [0.29, 0.717) is 13.0 Å². The van der Waals surface area contributed by atoms with Crippen LogP contribution in [-0.4, -0.2) is 18.6 Å². The van der Waals surface area contributed by atoms with Crippen LogP contribution in [0.1, 0.15) is 26.7 Å². The van der Waals surface area contributed by atoms with Gasteiger partial charge in [-0.1, -0.05) is 25.1 Å². The fourth-order valence-electron chi connectivity index (χ4n) is 1.23. The highest BCUT2D eigenvalue weighted by atomic mass is 16.5. The maximum Gasteiger partial charge on any atom is 0.223 e. The molecule has 1 N–H and O–H groups in total. The minimum Gasteiger partial charge on any atom is -0.493 e. The first-order valence-corrected chi connectivity index (χ1v) is 5.69. The zero-order valence-corrected chi connectivity index (χ0v) is 9.90. The van der Waals surface area contributed by atoms with Crippen LogP contribution in [0.5, 0.6) is 5.75 Å². The number of amides is 1. The lowest BCUT2D eigenvalue weighted by Crippen LogP contribution is -2.32. The number of nitrogens with one attached hydrogen (secondary N) is 1. The van der Waals surface area contributed by atoms with Gasteiger partial charge in [-0.3, -0.25) is 4.79 Å². The van der Waals surface area contributed by atoms with E-state index in [2.05, 4.69) is 5.32 Å². The molecule has 0 spiro atoms. The van der Waals surface area contributed by atoms with Crippen LogP contribution in [0.15, 0.2) is 30.3 Å². The van der Waals surface area contributed by atoms with Gasteiger partial charge in [-0.15, -0.1) is 0 Å². The van der Waals surface area contributed by atoms with Crippen LogP contribution in [-0.2, 0) is 4.79 Å². The van der Waals surface area contributed by atoms with E-state index >= 15 is 0 Å². The molecule has 1 aromatic rings. The van der Waals surface area contributed by atoms with Gasteiger partial charge in [-0.05, 0) is 25.5 Å². The van der Waals surface area contributed by atoms with E-state index in [1.54, 1.807) is 0 Å². The van der Waals surface area contributed by atoms with Gasteiger partial charge in [-0.25, -0.2) is 0 Å². The summed E-state index contributed by atoms with van der Waals surface area (Å²) in [5.41, 5.74) is 0. The van der Waals surface area contributed by atoms with E-state index < -0.39 is 0 Å². The number of ether oxygens (including phenoxy) is 1. The number of carbonyl (C=O) groups is 1. The van der Waals surface area contributed by atoms with Gasteiger partial charge in [0.25, 0.3) is 0 Å². The monoisotopic (exact) mass is 221 g/mol. The van der Waals surface area contributed by atoms with E-state index in [0.717, 1.165) is 12.2 Å². The third-order valence-corrected chi connectivity index (χ3v) is 2.36. The van der Waals surface area contributed by atoms with Gasteiger partial charge >= 0.3 is 0 Å². The molecule has 3 nitrogen and oxygen atoms in total. The normalized spacial score (nSPS) is 11.9. The lowest BCUT2D eigenvalue weighted by molar-refractivity contribution is -0.122. The average Bonchev–Trinajstić information content (AvgIpc) is 2.30. The Morgan fingerprint density at radius 1 is 1.38 bits per heavy atom. The van der Waals surface area contributed by atoms with Crippen LogP contribution in [0.3, 0.4) is 0 Å². The number of rotatable bonds is 6. The highest BCUT2D eigenvalue weighted by Crippen LogP contribution is 2.08. The molecule has 0 saturated heterocycles. The van der Waals surface area contributed by atoms with Crippen molar-refractivity contribution in [1.29, 1.82) is 0 Å². The highest BCUT2D eigenvalue weighted by molar-refractivity contribution is 5.76. The summed E-state index contributed by atoms with van der Waals surface area (Å²) in [7, 11) is 0. The highest BCUT2D eigenvalue weighted by Gasteiger charge is 2.05. The summed E-state index contributed by atoms with van der Waals surface area (Å²) in [5.74, 6) is 0.851. The van der Waals surface area contributed by atoms with Gasteiger partial charge in [0.15, 0.2) is 0 Å². The van der Waals surface area contributed by atoms with Crippen molar-refractivity contribution in [1.82, 2.24) is 5.32 Å². The molecule has 0 fully saturated rings. The van der Waals surface area contributed by atoms with Gasteiger partial charge in [-0.2, -0.15) is 0 Å². The molecular formula is C13H19NO2. The van der Waals surface area contributed by atoms with Crippen LogP contribution in [0.2, 0.25) is 0 Å². The number of hydrogen-bond acceptors (Lipinski definition) is 2. The topological polar surface area (TPSA) is 38.3 Å². The smallest absolute Gasteiger partial charge is 0.223 e. The summed E-state index contributed by atoms with van der Waals surface area (Å²) in [6, 6.07) is 9.76. The molecule has 0 radical (unpaired) electrons. The number of benzene rings is 1. The number of para-hydroxylation sites is 1. The van der Waals surface area contributed by atoms with Gasteiger partial charge in [0.05, 0.1) is 13.0 Å². The second-order valence-corrected chi connectivity index (χ2v) is 3.79. The van der Waals surface area contributed by atoms with Gasteiger partial charge < -0.3 is 10.1 Å². The van der Waals surface area contributed by atoms with Crippen molar-refractivity contribution >= 4 is 5.91 Å². The molecule has 0 aromatic heterocycles. The third kappa shape index (κ3) is 4.82. The van der Waals surface area contributed by atoms with Gasteiger partial charge in [0, 0.05) is 6.04 Å². The molecule has 0 saturated carbocycles. The summed E-state index contributed by atoms with van der Waals surface area (Å²) in [4.78, 5) is 11.4. The second kappa shape index (κ2) is 6.88. The number of hydrogen-bond donors (Lipinski definition) is 1. The predicted molar refractivity (Wildman–Crippen MR) is 64.4 cm³/mol. The Balaban J connectivity index is 2.18. The zero-order chi connectivity index (χ0) is 11.8. The maximum atomic E-state index is 11.4. The van der Waals surface area contributed by atoms with Crippen molar-refractivity contribution in [3.05, 3.63) is 30.3 Å². The molecule has 88 valence electrons. The molecule has 1 amide bonds. The second-order valence-electron chi connectivity index (χ2n) is 3.79. The van der Waals surface area contributed by atoms with Crippen molar-refractivity contribution < 1.29 is 9.53 Å². The van der Waals surface area contributed by atoms with E-state index in [4.69, 9.17) is 4.74 Å². The average molecular weight is 221 g/mol. The van der Waals surface area contributed by atoms with Crippen molar-refractivity contribution in [2.75, 3.05) is 6.61 Å². The molecule has 16 heavy (non-hydrogen) atoms. The molecule has 0 aliphatic carbocycles. The summed E-state index contributed by atoms with van der Waals surface area (Å²) in [5, 5.41) is 2.90. The van der Waals surface area contributed by atoms with Crippen LogP contribution in [0, 0.1) is 0 Å². The summed E-state index contributed by atoms with van der Waals surface area (Å²) in [6.45, 7) is 4.47. The Labute approximate surface area is 96.8 Å². The third-order valence-electron chi connectivity index (χ3n) is 2.36. The molecule has 3 heteroatoms. The van der Waals surface area contributed by atoms with Crippen LogP contribution in [0.25, 0.3) is 0 Å². The molecule has 0 aliphatic heterocycles. The van der Waals surface area contributed by atoms with Crippen LogP contribution < -0.4 is 10.1 Å². The van der Waals surface area contributed by atoms with Crippen LogP contribution >= 0.6 is 0 Å². The Bertz CT molecular complexity index is 311. The van der Waals surface area contributed by atoms with Crippen molar-refractivity contribution in [3.8, 4) is 5.75 Å². The largest absolute Gasteiger partial charge is 0.493 e. The Hall–Kier alpha value is -1.51. The molecule has 1 atom stereocenters. The maximum absolute atomic E-state index is 11.4. The minimum atomic E-state index is 0.0466. The SMILES string of the molecule is CC[C@@H](C)NC(=O)CCOc1ccccc1. The molecule has 0 heterocycles. The standard InChI is InChI=1S/C13H19NO2/c1-3-11(2)14-13(15)9-10-16-12-7-5-4-6-8-12/h4-8,11H,3,9-10H2,1-2H3,(H,14,15)/t11-/m1/s1. The number of carbonyl (C=O) groups excluding carboxylic acids is 1. The quantitative estimate of drug-likeness (QED) is 0.801. The first-order chi connectivity index (χ1) is 7.72. The van der Waals surface area contributed by atoms with Crippen molar-refractivity contribution in [2.45, 2.75) is 32.7 Å². The fourth-order valence-corrected chi connectivity index (χ4v) is 1.23. The lowest BCUT2D eigenvalue weighted by atomic mass is 10.2. The molecule has 1 rings (SSSR count). The fraction of sp³-hybridized carbons (Fsp3) is 0.462. The summed E-state index contributed by atoms with van der Waals surface area (Å²) >= 11 is 0. The first kappa shape index (κ1) is 12.6. The lowest BCUT2D eigenvalue weighted by Gasteiger charge is -2.11.